The molecule has 2 aromatic carbocycles. The third kappa shape index (κ3) is 2.03. The molecule has 0 amide bonds. The van der Waals surface area contributed by atoms with Gasteiger partial charge in [-0.05, 0) is 46.5 Å². The minimum atomic E-state index is 1.18. The Kier molecular flexibility index (Phi) is 2.89. The first-order valence-electron chi connectivity index (χ1n) is 5.91. The van der Waals surface area contributed by atoms with Crippen molar-refractivity contribution in [2.75, 3.05) is 0 Å². The van der Waals surface area contributed by atoms with Crippen molar-refractivity contribution < 1.29 is 0 Å². The highest BCUT2D eigenvalue weighted by Crippen LogP contribution is 2.31. The molecule has 1 aromatic heterocycles. The molecule has 1 nitrogen and oxygen atoms in total. The molecule has 1 heterocycles. The second-order valence-electron chi connectivity index (χ2n) is 4.07. The van der Waals surface area contributed by atoms with Crippen LogP contribution in [0.3, 0.4) is 0 Å². The smallest absolute Gasteiger partial charge is 0.0273 e. The van der Waals surface area contributed by atoms with Crippen LogP contribution in [0.1, 0.15) is 0 Å². The van der Waals surface area contributed by atoms with Gasteiger partial charge >= 0.3 is 0 Å². The minimum Gasteiger partial charge on any atom is -0.265 e. The van der Waals surface area contributed by atoms with Crippen LogP contribution in [-0.4, -0.2) is 4.98 Å². The van der Waals surface area contributed by atoms with E-state index in [2.05, 4.69) is 41.4 Å². The molecule has 0 fully saturated rings. The summed E-state index contributed by atoms with van der Waals surface area (Å²) in [6, 6.07) is 23.7. The molecule has 3 rings (SSSR count). The highest BCUT2D eigenvalue weighted by molar-refractivity contribution is 5.82. The normalized spacial score (nSPS) is 10.2. The molecule has 1 heteroatoms. The highest BCUT2D eigenvalue weighted by atomic mass is 14.6. The number of nitrogens with zero attached hydrogens (tertiary/aromatic N) is 1. The van der Waals surface area contributed by atoms with E-state index in [1.165, 1.54) is 22.3 Å². The zero-order valence-corrected chi connectivity index (χ0v) is 9.88. The van der Waals surface area contributed by atoms with Crippen LogP contribution in [0.5, 0.6) is 0 Å². The van der Waals surface area contributed by atoms with E-state index in [0.717, 1.165) is 0 Å². The Labute approximate surface area is 107 Å². The zero-order chi connectivity index (χ0) is 12.2. The van der Waals surface area contributed by atoms with E-state index in [-0.39, 0.29) is 0 Å². The van der Waals surface area contributed by atoms with Gasteiger partial charge in [-0.3, -0.25) is 4.98 Å². The Bertz CT molecular complexity index is 572. The van der Waals surface area contributed by atoms with Gasteiger partial charge in [-0.15, -0.1) is 0 Å². The van der Waals surface area contributed by atoms with E-state index in [4.69, 9.17) is 0 Å². The maximum atomic E-state index is 4.07. The fourth-order valence-corrected chi connectivity index (χ4v) is 2.07. The van der Waals surface area contributed by atoms with Crippen LogP contribution in [0.2, 0.25) is 0 Å². The fourth-order valence-electron chi connectivity index (χ4n) is 2.07. The van der Waals surface area contributed by atoms with E-state index >= 15 is 0 Å². The van der Waals surface area contributed by atoms with Gasteiger partial charge < -0.3 is 0 Å². The molecule has 0 N–H and O–H groups in total. The Balaban J connectivity index is 2.18. The van der Waals surface area contributed by atoms with E-state index in [1.54, 1.807) is 0 Å². The van der Waals surface area contributed by atoms with Crippen LogP contribution in [-0.2, 0) is 0 Å². The lowest BCUT2D eigenvalue weighted by atomic mass is 9.95. The first-order valence-corrected chi connectivity index (χ1v) is 5.91. The van der Waals surface area contributed by atoms with Crippen LogP contribution in [0.25, 0.3) is 22.3 Å². The van der Waals surface area contributed by atoms with E-state index in [0.29, 0.717) is 0 Å². The van der Waals surface area contributed by atoms with E-state index < -0.39 is 0 Å². The number of benzene rings is 2. The summed E-state index contributed by atoms with van der Waals surface area (Å²) < 4.78 is 0. The Morgan fingerprint density at radius 1 is 0.722 bits per heavy atom. The molecule has 0 atom stereocenters. The van der Waals surface area contributed by atoms with Crippen molar-refractivity contribution in [2.24, 2.45) is 0 Å². The molecule has 0 spiro atoms. The average Bonchev–Trinajstić information content (AvgIpc) is 2.49. The minimum absolute atomic E-state index is 1.18. The van der Waals surface area contributed by atoms with Crippen LogP contribution in [0.4, 0.5) is 0 Å². The van der Waals surface area contributed by atoms with Gasteiger partial charge in [-0.25, -0.2) is 0 Å². The van der Waals surface area contributed by atoms with Crippen LogP contribution >= 0.6 is 0 Å². The molecule has 0 saturated heterocycles. The predicted octanol–water partition coefficient (Wildman–Crippen LogP) is 4.22. The monoisotopic (exact) mass is 230 g/mol. The standard InChI is InChI=1S/C17H12N/c1-2-6-14(7-3-1)16-8-4-5-9-17(16)15-10-12-18-13-11-15/h1-3,5-13H. The molecule has 1 radical (unpaired) electrons. The summed E-state index contributed by atoms with van der Waals surface area (Å²) in [6.07, 6.45) is 3.64. The van der Waals surface area contributed by atoms with Gasteiger partial charge in [0, 0.05) is 12.4 Å². The van der Waals surface area contributed by atoms with Crippen LogP contribution in [0.15, 0.2) is 73.1 Å². The summed E-state index contributed by atoms with van der Waals surface area (Å²) in [6.45, 7) is 0. The molecule has 0 saturated carbocycles. The highest BCUT2D eigenvalue weighted by Gasteiger charge is 2.05. The molecular formula is C17H12N. The molecule has 3 aromatic rings. The summed E-state index contributed by atoms with van der Waals surface area (Å²) in [4.78, 5) is 4.07. The number of aromatic nitrogens is 1. The van der Waals surface area contributed by atoms with Gasteiger partial charge in [-0.1, -0.05) is 42.5 Å². The van der Waals surface area contributed by atoms with Gasteiger partial charge in [0.05, 0.1) is 0 Å². The first-order chi connectivity index (χ1) is 8.95. The Morgan fingerprint density at radius 2 is 1.44 bits per heavy atom. The average molecular weight is 230 g/mol. The van der Waals surface area contributed by atoms with Crippen molar-refractivity contribution in [3.63, 3.8) is 0 Å². The molecule has 0 aliphatic rings. The topological polar surface area (TPSA) is 12.9 Å². The summed E-state index contributed by atoms with van der Waals surface area (Å²) in [5.41, 5.74) is 4.80. The SMILES string of the molecule is [c]1ccc(-c2ccncc2)c(-c2ccccc2)c1. The quantitative estimate of drug-likeness (QED) is 0.642. The number of hydrogen-bond donors (Lipinski definition) is 0. The number of pyridine rings is 1. The Morgan fingerprint density at radius 3 is 2.22 bits per heavy atom. The lowest BCUT2D eigenvalue weighted by Crippen LogP contribution is -1.84. The van der Waals surface area contributed by atoms with Crippen molar-refractivity contribution >= 4 is 0 Å². The van der Waals surface area contributed by atoms with Crippen LogP contribution in [0, 0.1) is 6.07 Å². The predicted molar refractivity (Wildman–Crippen MR) is 73.9 cm³/mol. The summed E-state index contributed by atoms with van der Waals surface area (Å²) >= 11 is 0. The third-order valence-corrected chi connectivity index (χ3v) is 2.94. The summed E-state index contributed by atoms with van der Waals surface area (Å²) in [5, 5.41) is 0. The van der Waals surface area contributed by atoms with Crippen molar-refractivity contribution in [3.8, 4) is 22.3 Å². The molecule has 0 unspecified atom stereocenters. The fraction of sp³-hybridized carbons (Fsp3) is 0. The third-order valence-electron chi connectivity index (χ3n) is 2.94. The van der Waals surface area contributed by atoms with Gasteiger partial charge in [0.1, 0.15) is 0 Å². The lowest BCUT2D eigenvalue weighted by Gasteiger charge is -2.09. The molecule has 85 valence electrons. The molecular weight excluding hydrogens is 218 g/mol. The second-order valence-corrected chi connectivity index (χ2v) is 4.07. The van der Waals surface area contributed by atoms with Gasteiger partial charge in [0.25, 0.3) is 0 Å². The summed E-state index contributed by atoms with van der Waals surface area (Å²) in [5.74, 6) is 0. The molecule has 0 aliphatic heterocycles. The molecule has 0 aliphatic carbocycles. The van der Waals surface area contributed by atoms with Crippen molar-refractivity contribution in [3.05, 3.63) is 79.1 Å². The van der Waals surface area contributed by atoms with Gasteiger partial charge in [0.2, 0.25) is 0 Å². The summed E-state index contributed by atoms with van der Waals surface area (Å²) in [7, 11) is 0. The van der Waals surface area contributed by atoms with E-state index in [1.807, 2.05) is 42.7 Å². The zero-order valence-electron chi connectivity index (χ0n) is 9.88. The first kappa shape index (κ1) is 10.7. The number of rotatable bonds is 2. The van der Waals surface area contributed by atoms with Gasteiger partial charge in [0.15, 0.2) is 0 Å². The van der Waals surface area contributed by atoms with Crippen LogP contribution < -0.4 is 0 Å². The van der Waals surface area contributed by atoms with Crippen molar-refractivity contribution in [1.82, 2.24) is 4.98 Å². The van der Waals surface area contributed by atoms with E-state index in [9.17, 15) is 0 Å². The maximum Gasteiger partial charge on any atom is 0.0273 e. The largest absolute Gasteiger partial charge is 0.265 e. The van der Waals surface area contributed by atoms with Crippen molar-refractivity contribution in [1.29, 1.82) is 0 Å². The Hall–Kier alpha value is -2.41. The number of hydrogen-bond acceptors (Lipinski definition) is 1. The second kappa shape index (κ2) is 4.84. The van der Waals surface area contributed by atoms with Crippen molar-refractivity contribution in [2.45, 2.75) is 0 Å². The lowest BCUT2D eigenvalue weighted by molar-refractivity contribution is 1.33. The maximum absolute atomic E-state index is 4.07. The molecule has 0 bridgehead atoms. The molecule has 18 heavy (non-hydrogen) atoms. The van der Waals surface area contributed by atoms with Gasteiger partial charge in [-0.2, -0.15) is 0 Å².